The summed E-state index contributed by atoms with van der Waals surface area (Å²) in [6.07, 6.45) is 6.36. The molecule has 3 rings (SSSR count). The van der Waals surface area contributed by atoms with E-state index in [9.17, 15) is 4.79 Å². The summed E-state index contributed by atoms with van der Waals surface area (Å²) in [5.74, 6) is 3.34. The summed E-state index contributed by atoms with van der Waals surface area (Å²) in [7, 11) is 0. The Morgan fingerprint density at radius 3 is 2.96 bits per heavy atom. The molecule has 2 fully saturated rings. The van der Waals surface area contributed by atoms with Gasteiger partial charge in [0.2, 0.25) is 5.89 Å². The smallest absolute Gasteiger partial charge is 0.317 e. The van der Waals surface area contributed by atoms with E-state index in [2.05, 4.69) is 29.3 Å². The molecule has 0 spiro atoms. The van der Waals surface area contributed by atoms with Crippen molar-refractivity contribution in [3.05, 3.63) is 11.7 Å². The summed E-state index contributed by atoms with van der Waals surface area (Å²) in [6.45, 7) is 6.82. The van der Waals surface area contributed by atoms with Crippen molar-refractivity contribution in [2.75, 3.05) is 19.6 Å². The molecule has 2 aliphatic rings. The Morgan fingerprint density at radius 1 is 1.39 bits per heavy atom. The lowest BCUT2D eigenvalue weighted by molar-refractivity contribution is 0.206. The number of carbonyl (C=O) groups is 1. The third-order valence-corrected chi connectivity index (χ3v) is 4.76. The molecular weight excluding hydrogens is 292 g/mol. The van der Waals surface area contributed by atoms with E-state index in [1.165, 1.54) is 12.8 Å². The molecule has 1 aromatic heterocycles. The molecule has 2 heterocycles. The molecule has 1 unspecified atom stereocenters. The van der Waals surface area contributed by atoms with E-state index in [1.807, 2.05) is 4.90 Å². The van der Waals surface area contributed by atoms with Gasteiger partial charge >= 0.3 is 6.03 Å². The third-order valence-electron chi connectivity index (χ3n) is 4.76. The SMILES string of the molecule is CC(C)CCNC(=O)N1CCC(CCc2noc(C3CC3)n2)C1. The zero-order valence-corrected chi connectivity index (χ0v) is 14.3. The van der Waals surface area contributed by atoms with E-state index < -0.39 is 0 Å². The minimum atomic E-state index is 0.0868. The molecule has 1 aromatic rings. The highest BCUT2D eigenvalue weighted by atomic mass is 16.5. The second kappa shape index (κ2) is 7.32. The lowest BCUT2D eigenvalue weighted by atomic mass is 10.0. The van der Waals surface area contributed by atoms with Crippen molar-refractivity contribution >= 4 is 6.03 Å². The molecule has 23 heavy (non-hydrogen) atoms. The van der Waals surface area contributed by atoms with Crippen molar-refractivity contribution in [1.82, 2.24) is 20.4 Å². The van der Waals surface area contributed by atoms with Crippen LogP contribution < -0.4 is 5.32 Å². The standard InChI is InChI=1S/C17H28N4O2/c1-12(2)7-9-18-17(22)21-10-8-13(11-21)3-6-15-19-16(23-20-15)14-4-5-14/h12-14H,3-11H2,1-2H3,(H,18,22). The van der Waals surface area contributed by atoms with Crippen LogP contribution in [-0.4, -0.2) is 40.7 Å². The summed E-state index contributed by atoms with van der Waals surface area (Å²) in [5.41, 5.74) is 0. The van der Waals surface area contributed by atoms with E-state index in [0.717, 1.165) is 57.0 Å². The van der Waals surface area contributed by atoms with E-state index in [4.69, 9.17) is 4.52 Å². The topological polar surface area (TPSA) is 71.3 Å². The zero-order chi connectivity index (χ0) is 16.2. The molecule has 1 aliphatic carbocycles. The average Bonchev–Trinajstić information content (AvgIpc) is 3.08. The second-order valence-electron chi connectivity index (χ2n) is 7.38. The van der Waals surface area contributed by atoms with Gasteiger partial charge in [-0.2, -0.15) is 4.98 Å². The fourth-order valence-corrected chi connectivity index (χ4v) is 3.03. The molecule has 1 atom stereocenters. The number of urea groups is 1. The number of rotatable bonds is 7. The van der Waals surface area contributed by atoms with Gasteiger partial charge in [0, 0.05) is 32.0 Å². The van der Waals surface area contributed by atoms with Crippen LogP contribution in [0.5, 0.6) is 0 Å². The molecule has 0 radical (unpaired) electrons. The number of nitrogens with one attached hydrogen (secondary N) is 1. The molecule has 6 heteroatoms. The summed E-state index contributed by atoms with van der Waals surface area (Å²) in [6, 6.07) is 0.0868. The predicted molar refractivity (Wildman–Crippen MR) is 87.1 cm³/mol. The fourth-order valence-electron chi connectivity index (χ4n) is 3.03. The van der Waals surface area contributed by atoms with Crippen molar-refractivity contribution in [2.24, 2.45) is 11.8 Å². The van der Waals surface area contributed by atoms with Gasteiger partial charge in [0.25, 0.3) is 0 Å². The van der Waals surface area contributed by atoms with Crippen LogP contribution in [0.3, 0.4) is 0 Å². The van der Waals surface area contributed by atoms with Crippen LogP contribution >= 0.6 is 0 Å². The Balaban J connectivity index is 1.36. The lowest BCUT2D eigenvalue weighted by Crippen LogP contribution is -2.39. The summed E-state index contributed by atoms with van der Waals surface area (Å²) >= 11 is 0. The Kier molecular flexibility index (Phi) is 5.18. The van der Waals surface area contributed by atoms with E-state index in [0.29, 0.717) is 17.8 Å². The molecular formula is C17H28N4O2. The van der Waals surface area contributed by atoms with Gasteiger partial charge in [-0.05, 0) is 43.9 Å². The number of hydrogen-bond donors (Lipinski definition) is 1. The number of nitrogens with zero attached hydrogens (tertiary/aromatic N) is 3. The van der Waals surface area contributed by atoms with Gasteiger partial charge in [0.15, 0.2) is 5.82 Å². The maximum Gasteiger partial charge on any atom is 0.317 e. The maximum absolute atomic E-state index is 12.1. The highest BCUT2D eigenvalue weighted by Gasteiger charge is 2.30. The van der Waals surface area contributed by atoms with Gasteiger partial charge in [-0.25, -0.2) is 4.79 Å². The molecule has 6 nitrogen and oxygen atoms in total. The van der Waals surface area contributed by atoms with Crippen LogP contribution in [0.25, 0.3) is 0 Å². The van der Waals surface area contributed by atoms with Crippen LogP contribution in [0.1, 0.15) is 63.6 Å². The van der Waals surface area contributed by atoms with Crippen LogP contribution in [-0.2, 0) is 6.42 Å². The van der Waals surface area contributed by atoms with Crippen molar-refractivity contribution in [1.29, 1.82) is 0 Å². The average molecular weight is 320 g/mol. The minimum absolute atomic E-state index is 0.0868. The van der Waals surface area contributed by atoms with Crippen LogP contribution in [0.2, 0.25) is 0 Å². The van der Waals surface area contributed by atoms with Crippen LogP contribution in [0, 0.1) is 11.8 Å². The van der Waals surface area contributed by atoms with Gasteiger partial charge in [-0.15, -0.1) is 0 Å². The largest absolute Gasteiger partial charge is 0.339 e. The first kappa shape index (κ1) is 16.3. The van der Waals surface area contributed by atoms with Crippen molar-refractivity contribution in [3.8, 4) is 0 Å². The molecule has 1 aliphatic heterocycles. The fraction of sp³-hybridized carbons (Fsp3) is 0.824. The van der Waals surface area contributed by atoms with E-state index >= 15 is 0 Å². The molecule has 1 saturated heterocycles. The van der Waals surface area contributed by atoms with Gasteiger partial charge in [-0.1, -0.05) is 19.0 Å². The maximum atomic E-state index is 12.1. The highest BCUT2D eigenvalue weighted by Crippen LogP contribution is 2.38. The number of amides is 2. The van der Waals surface area contributed by atoms with E-state index in [-0.39, 0.29) is 6.03 Å². The van der Waals surface area contributed by atoms with Gasteiger partial charge in [0.05, 0.1) is 0 Å². The number of aromatic nitrogens is 2. The first-order valence-electron chi connectivity index (χ1n) is 8.97. The summed E-state index contributed by atoms with van der Waals surface area (Å²) in [5, 5.41) is 7.09. The zero-order valence-electron chi connectivity index (χ0n) is 14.3. The molecule has 2 amide bonds. The molecule has 0 aromatic carbocycles. The summed E-state index contributed by atoms with van der Waals surface area (Å²) < 4.78 is 5.29. The minimum Gasteiger partial charge on any atom is -0.339 e. The number of likely N-dealkylation sites (tertiary alicyclic amines) is 1. The molecule has 0 bridgehead atoms. The van der Waals surface area contributed by atoms with Crippen molar-refractivity contribution in [3.63, 3.8) is 0 Å². The van der Waals surface area contributed by atoms with E-state index in [1.54, 1.807) is 0 Å². The quantitative estimate of drug-likeness (QED) is 0.838. The summed E-state index contributed by atoms with van der Waals surface area (Å²) in [4.78, 5) is 18.5. The molecule has 128 valence electrons. The monoisotopic (exact) mass is 320 g/mol. The number of hydrogen-bond acceptors (Lipinski definition) is 4. The van der Waals surface area contributed by atoms with Crippen molar-refractivity contribution < 1.29 is 9.32 Å². The van der Waals surface area contributed by atoms with Crippen molar-refractivity contribution in [2.45, 2.75) is 58.3 Å². The molecule has 1 saturated carbocycles. The molecule has 1 N–H and O–H groups in total. The third kappa shape index (κ3) is 4.69. The predicted octanol–water partition coefficient (Wildman–Crippen LogP) is 2.96. The van der Waals surface area contributed by atoms with Crippen LogP contribution in [0.15, 0.2) is 4.52 Å². The Labute approximate surface area is 138 Å². The van der Waals surface area contributed by atoms with Gasteiger partial charge in [-0.3, -0.25) is 0 Å². The lowest BCUT2D eigenvalue weighted by Gasteiger charge is -2.17. The Bertz CT molecular complexity index is 524. The number of carbonyl (C=O) groups excluding carboxylic acids is 1. The highest BCUT2D eigenvalue weighted by molar-refractivity contribution is 5.74. The normalized spacial score (nSPS) is 21.2. The van der Waals surface area contributed by atoms with Crippen LogP contribution in [0.4, 0.5) is 4.79 Å². The van der Waals surface area contributed by atoms with Gasteiger partial charge in [0.1, 0.15) is 0 Å². The first-order chi connectivity index (χ1) is 11.1. The Hall–Kier alpha value is -1.59. The number of aryl methyl sites for hydroxylation is 1. The first-order valence-corrected chi connectivity index (χ1v) is 8.97. The van der Waals surface area contributed by atoms with Gasteiger partial charge < -0.3 is 14.7 Å². The second-order valence-corrected chi connectivity index (χ2v) is 7.38. The Morgan fingerprint density at radius 2 is 2.22 bits per heavy atom.